The molecule has 0 radical (unpaired) electrons. The van der Waals surface area contributed by atoms with Gasteiger partial charge in [-0.1, -0.05) is 6.07 Å². The predicted molar refractivity (Wildman–Crippen MR) is 112 cm³/mol. The number of hydrogen-bond acceptors (Lipinski definition) is 4. The first-order chi connectivity index (χ1) is 13.3. The number of ether oxygens (including phenoxy) is 1. The van der Waals surface area contributed by atoms with E-state index in [1.165, 1.54) is 6.07 Å². The number of anilines is 1. The van der Waals surface area contributed by atoms with Crippen molar-refractivity contribution in [2.45, 2.75) is 46.8 Å². The van der Waals surface area contributed by atoms with E-state index in [-0.39, 0.29) is 11.4 Å². The molecule has 0 N–H and O–H groups in total. The van der Waals surface area contributed by atoms with Crippen molar-refractivity contribution < 1.29 is 9.13 Å². The van der Waals surface area contributed by atoms with Gasteiger partial charge in [-0.2, -0.15) is 0 Å². The Morgan fingerprint density at radius 3 is 2.46 bits per heavy atom. The summed E-state index contributed by atoms with van der Waals surface area (Å²) in [5.41, 5.74) is 1.78. The fourth-order valence-electron chi connectivity index (χ4n) is 3.26. The van der Waals surface area contributed by atoms with Crippen molar-refractivity contribution in [1.82, 2.24) is 14.5 Å². The molecule has 0 aliphatic carbocycles. The highest BCUT2D eigenvalue weighted by molar-refractivity contribution is 5.81. The number of halogens is 1. The Labute approximate surface area is 166 Å². The quantitative estimate of drug-likeness (QED) is 0.581. The van der Waals surface area contributed by atoms with E-state index in [0.717, 1.165) is 30.0 Å². The topological polar surface area (TPSA) is 43.2 Å². The Kier molecular flexibility index (Phi) is 5.98. The molecule has 0 amide bonds. The summed E-state index contributed by atoms with van der Waals surface area (Å²) in [6.07, 6.45) is 1.81. The van der Waals surface area contributed by atoms with Crippen LogP contribution >= 0.6 is 0 Å². The van der Waals surface area contributed by atoms with E-state index in [4.69, 9.17) is 4.74 Å². The average Bonchev–Trinajstić information content (AvgIpc) is 3.02. The van der Waals surface area contributed by atoms with Gasteiger partial charge in [-0.25, -0.2) is 14.4 Å². The molecular weight excluding hydrogens is 355 g/mol. The van der Waals surface area contributed by atoms with Crippen molar-refractivity contribution in [1.29, 1.82) is 0 Å². The number of pyridine rings is 1. The van der Waals surface area contributed by atoms with Crippen LogP contribution in [-0.4, -0.2) is 39.8 Å². The summed E-state index contributed by atoms with van der Waals surface area (Å²) in [6.45, 7) is 13.2. The number of aromatic nitrogens is 3. The zero-order valence-corrected chi connectivity index (χ0v) is 17.4. The molecule has 0 atom stereocenters. The zero-order valence-electron chi connectivity index (χ0n) is 17.4. The van der Waals surface area contributed by atoms with E-state index in [1.54, 1.807) is 6.07 Å². The first-order valence-corrected chi connectivity index (χ1v) is 9.84. The number of hydrogen-bond donors (Lipinski definition) is 0. The molecule has 0 unspecified atom stereocenters. The van der Waals surface area contributed by atoms with Gasteiger partial charge in [-0.15, -0.1) is 0 Å². The predicted octanol–water partition coefficient (Wildman–Crippen LogP) is 4.90. The molecule has 0 aliphatic rings. The van der Waals surface area contributed by atoms with Gasteiger partial charge < -0.3 is 14.2 Å². The van der Waals surface area contributed by atoms with Crippen molar-refractivity contribution in [3.63, 3.8) is 0 Å². The normalized spacial score (nSPS) is 11.9. The second kappa shape index (κ2) is 8.27. The maximum Gasteiger partial charge on any atom is 0.151 e. The largest absolute Gasteiger partial charge is 0.374 e. The minimum absolute atomic E-state index is 0.227. The molecule has 0 saturated heterocycles. The van der Waals surface area contributed by atoms with Gasteiger partial charge in [-0.3, -0.25) is 0 Å². The molecule has 0 saturated carbocycles. The van der Waals surface area contributed by atoms with Crippen molar-refractivity contribution in [2.24, 2.45) is 0 Å². The van der Waals surface area contributed by atoms with E-state index in [9.17, 15) is 4.39 Å². The van der Waals surface area contributed by atoms with Gasteiger partial charge in [0.05, 0.1) is 17.7 Å². The molecule has 2 heterocycles. The summed E-state index contributed by atoms with van der Waals surface area (Å²) in [6, 6.07) is 9.04. The average molecular weight is 384 g/mol. The number of fused-ring (bicyclic) bond motifs is 1. The molecule has 0 aliphatic heterocycles. The third-order valence-corrected chi connectivity index (χ3v) is 4.67. The fourth-order valence-corrected chi connectivity index (χ4v) is 3.26. The molecule has 5 nitrogen and oxygen atoms in total. The number of nitrogens with zero attached hydrogens (tertiary/aromatic N) is 4. The van der Waals surface area contributed by atoms with Crippen LogP contribution in [-0.2, 0) is 11.3 Å². The molecule has 2 aromatic heterocycles. The summed E-state index contributed by atoms with van der Waals surface area (Å²) in [5.74, 6) is 1.32. The molecule has 3 aromatic rings. The van der Waals surface area contributed by atoms with Crippen LogP contribution in [0.4, 0.5) is 10.2 Å². The van der Waals surface area contributed by atoms with E-state index in [0.29, 0.717) is 24.5 Å². The van der Waals surface area contributed by atoms with Crippen LogP contribution in [0.15, 0.2) is 36.5 Å². The Morgan fingerprint density at radius 2 is 1.86 bits per heavy atom. The van der Waals surface area contributed by atoms with Gasteiger partial charge in [0.1, 0.15) is 17.2 Å². The lowest BCUT2D eigenvalue weighted by atomic mass is 10.2. The minimum Gasteiger partial charge on any atom is -0.374 e. The number of rotatable bonds is 7. The lowest BCUT2D eigenvalue weighted by molar-refractivity contribution is -0.00636. The maximum absolute atomic E-state index is 14.3. The van der Waals surface area contributed by atoms with E-state index >= 15 is 0 Å². The molecule has 28 heavy (non-hydrogen) atoms. The summed E-state index contributed by atoms with van der Waals surface area (Å²) >= 11 is 0. The second-order valence-electron chi connectivity index (χ2n) is 7.73. The first-order valence-electron chi connectivity index (χ1n) is 9.84. The minimum atomic E-state index is -0.318. The van der Waals surface area contributed by atoms with Crippen LogP contribution in [0, 0.1) is 5.82 Å². The molecule has 6 heteroatoms. The molecule has 0 fully saturated rings. The van der Waals surface area contributed by atoms with E-state index in [2.05, 4.69) is 28.7 Å². The molecule has 0 spiro atoms. The molecule has 0 bridgehead atoms. The third-order valence-electron chi connectivity index (χ3n) is 4.67. The van der Waals surface area contributed by atoms with Gasteiger partial charge in [0, 0.05) is 31.4 Å². The van der Waals surface area contributed by atoms with Crippen LogP contribution in [0.25, 0.3) is 22.4 Å². The Hall–Kier alpha value is -2.47. The molecule has 150 valence electrons. The molecular formula is C22H29FN4O. The van der Waals surface area contributed by atoms with Gasteiger partial charge in [-0.05, 0) is 58.9 Å². The van der Waals surface area contributed by atoms with Crippen LogP contribution < -0.4 is 4.90 Å². The Balaban J connectivity index is 1.99. The van der Waals surface area contributed by atoms with Crippen molar-refractivity contribution >= 4 is 16.9 Å². The lowest BCUT2D eigenvalue weighted by Crippen LogP contribution is -2.23. The Morgan fingerprint density at radius 1 is 1.11 bits per heavy atom. The van der Waals surface area contributed by atoms with Crippen molar-refractivity contribution in [3.8, 4) is 11.4 Å². The standard InChI is InChI=1S/C22H29FN4O/c1-6-26(7-2)19-12-11-16(15-24-19)21-25-20-17(23)9-8-10-18(20)27(21)13-14-28-22(3,4)5/h8-12,15H,6-7,13-14H2,1-5H3. The number of imidazole rings is 1. The van der Waals surface area contributed by atoms with Crippen molar-refractivity contribution in [2.75, 3.05) is 24.6 Å². The van der Waals surface area contributed by atoms with E-state index in [1.807, 2.05) is 49.7 Å². The Bertz CT molecular complexity index is 924. The number of benzene rings is 1. The second-order valence-corrected chi connectivity index (χ2v) is 7.73. The van der Waals surface area contributed by atoms with Gasteiger partial charge >= 0.3 is 0 Å². The smallest absolute Gasteiger partial charge is 0.151 e. The van der Waals surface area contributed by atoms with Gasteiger partial charge in [0.2, 0.25) is 0 Å². The van der Waals surface area contributed by atoms with Crippen LogP contribution in [0.3, 0.4) is 0 Å². The van der Waals surface area contributed by atoms with Gasteiger partial charge in [0.25, 0.3) is 0 Å². The summed E-state index contributed by atoms with van der Waals surface area (Å²) in [5, 5.41) is 0. The summed E-state index contributed by atoms with van der Waals surface area (Å²) in [7, 11) is 0. The molecule has 1 aromatic carbocycles. The van der Waals surface area contributed by atoms with E-state index < -0.39 is 0 Å². The summed E-state index contributed by atoms with van der Waals surface area (Å²) < 4.78 is 22.2. The third kappa shape index (κ3) is 4.33. The summed E-state index contributed by atoms with van der Waals surface area (Å²) in [4.78, 5) is 11.4. The highest BCUT2D eigenvalue weighted by Gasteiger charge is 2.17. The van der Waals surface area contributed by atoms with Crippen LogP contribution in [0.1, 0.15) is 34.6 Å². The fraction of sp³-hybridized carbons (Fsp3) is 0.455. The monoisotopic (exact) mass is 384 g/mol. The SMILES string of the molecule is CCN(CC)c1ccc(-c2nc3c(F)cccc3n2CCOC(C)(C)C)cn1. The van der Waals surface area contributed by atoms with Gasteiger partial charge in [0.15, 0.2) is 5.82 Å². The first kappa shape index (κ1) is 20.3. The molecule has 3 rings (SSSR count). The number of para-hydroxylation sites is 1. The van der Waals surface area contributed by atoms with Crippen molar-refractivity contribution in [3.05, 3.63) is 42.3 Å². The van der Waals surface area contributed by atoms with Crippen LogP contribution in [0.5, 0.6) is 0 Å². The highest BCUT2D eigenvalue weighted by Crippen LogP contribution is 2.27. The zero-order chi connectivity index (χ0) is 20.3. The maximum atomic E-state index is 14.3. The highest BCUT2D eigenvalue weighted by atomic mass is 19.1. The lowest BCUT2D eigenvalue weighted by Gasteiger charge is -2.21. The van der Waals surface area contributed by atoms with Crippen LogP contribution in [0.2, 0.25) is 0 Å².